The number of nitrogens with zero attached hydrogens (tertiary/aromatic N) is 3. The number of benzene rings is 2. The number of amides is 1. The Labute approximate surface area is 164 Å². The normalized spacial score (nSPS) is 15.9. The molecule has 1 aliphatic heterocycles. The van der Waals surface area contributed by atoms with Crippen LogP contribution in [-0.4, -0.2) is 33.8 Å². The van der Waals surface area contributed by atoms with Crippen LogP contribution in [0.15, 0.2) is 51.7 Å². The molecule has 7 heteroatoms. The molecule has 0 radical (unpaired) electrons. The zero-order valence-electron chi connectivity index (χ0n) is 14.9. The van der Waals surface area contributed by atoms with E-state index in [4.69, 9.17) is 0 Å². The van der Waals surface area contributed by atoms with Crippen LogP contribution in [0.1, 0.15) is 18.0 Å². The number of aliphatic hydroxyl groups excluding tert-OH is 1. The fraction of sp³-hybridized carbons (Fsp3) is 0.300. The van der Waals surface area contributed by atoms with Gasteiger partial charge in [0, 0.05) is 17.2 Å². The predicted octanol–water partition coefficient (Wildman–Crippen LogP) is 2.71. The topological polar surface area (TPSA) is 67.5 Å². The third kappa shape index (κ3) is 3.00. The Kier molecular flexibility index (Phi) is 4.65. The molecule has 1 aromatic heterocycles. The molecule has 0 aliphatic carbocycles. The third-order valence-corrected chi connectivity index (χ3v) is 5.69. The lowest BCUT2D eigenvalue weighted by Gasteiger charge is -2.22. The number of likely N-dealkylation sites (N-methyl/N-ethyl adjacent to an activating group) is 1. The molecule has 3 aromatic rings. The van der Waals surface area contributed by atoms with Crippen molar-refractivity contribution in [1.82, 2.24) is 9.13 Å². The number of anilines is 1. The largest absolute Gasteiger partial charge is 0.394 e. The standard InChI is InChI=1S/C20H20BrN3O3/c1-22(15-5-3-2-4-6-15)18(26)11-23-17-10-14(21)9-13-7-8-16(12-25)24(19(13)17)20(23)27/h2-6,9-10,16,25H,7-8,11-12H2,1H3. The monoisotopic (exact) mass is 429 g/mol. The second-order valence-electron chi connectivity index (χ2n) is 6.83. The van der Waals surface area contributed by atoms with Crippen LogP contribution in [0.4, 0.5) is 5.69 Å². The van der Waals surface area contributed by atoms with E-state index in [1.807, 2.05) is 42.5 Å². The van der Waals surface area contributed by atoms with Crippen molar-refractivity contribution in [2.45, 2.75) is 25.4 Å². The smallest absolute Gasteiger partial charge is 0.329 e. The van der Waals surface area contributed by atoms with Crippen molar-refractivity contribution < 1.29 is 9.90 Å². The minimum atomic E-state index is -0.253. The van der Waals surface area contributed by atoms with Crippen molar-refractivity contribution >= 4 is 38.6 Å². The number of imidazole rings is 1. The Morgan fingerprint density at radius 3 is 2.74 bits per heavy atom. The van der Waals surface area contributed by atoms with Gasteiger partial charge >= 0.3 is 5.69 Å². The summed E-state index contributed by atoms with van der Waals surface area (Å²) in [7, 11) is 1.71. The van der Waals surface area contributed by atoms with Gasteiger partial charge in [0.1, 0.15) is 6.54 Å². The quantitative estimate of drug-likeness (QED) is 0.692. The second kappa shape index (κ2) is 6.98. The average Bonchev–Trinajstić information content (AvgIpc) is 2.95. The Morgan fingerprint density at radius 1 is 1.30 bits per heavy atom. The van der Waals surface area contributed by atoms with E-state index in [-0.39, 0.29) is 30.8 Å². The summed E-state index contributed by atoms with van der Waals surface area (Å²) in [6.45, 7) is -0.145. The number of carbonyl (C=O) groups is 1. The van der Waals surface area contributed by atoms with Gasteiger partial charge in [-0.2, -0.15) is 0 Å². The first-order valence-electron chi connectivity index (χ1n) is 8.87. The van der Waals surface area contributed by atoms with Crippen LogP contribution in [0.5, 0.6) is 0 Å². The number of halogens is 1. The first kappa shape index (κ1) is 18.0. The van der Waals surface area contributed by atoms with Gasteiger partial charge in [0.05, 0.1) is 23.7 Å². The van der Waals surface area contributed by atoms with Gasteiger partial charge in [-0.1, -0.05) is 34.1 Å². The van der Waals surface area contributed by atoms with Gasteiger partial charge in [0.2, 0.25) is 5.91 Å². The van der Waals surface area contributed by atoms with E-state index in [9.17, 15) is 14.7 Å². The van der Waals surface area contributed by atoms with Gasteiger partial charge in [0.25, 0.3) is 0 Å². The van der Waals surface area contributed by atoms with Crippen molar-refractivity contribution in [2.75, 3.05) is 18.6 Å². The molecule has 0 saturated heterocycles. The second-order valence-corrected chi connectivity index (χ2v) is 7.75. The van der Waals surface area contributed by atoms with Crippen LogP contribution in [-0.2, 0) is 17.8 Å². The van der Waals surface area contributed by atoms with Gasteiger partial charge in [0.15, 0.2) is 0 Å². The molecule has 1 amide bonds. The number of aromatic nitrogens is 2. The van der Waals surface area contributed by atoms with Gasteiger partial charge < -0.3 is 10.0 Å². The Bertz CT molecular complexity index is 1070. The summed E-state index contributed by atoms with van der Waals surface area (Å²) < 4.78 is 4.04. The molecule has 2 aromatic carbocycles. The van der Waals surface area contributed by atoms with Crippen LogP contribution >= 0.6 is 15.9 Å². The summed E-state index contributed by atoms with van der Waals surface area (Å²) in [4.78, 5) is 27.5. The molecule has 0 bridgehead atoms. The van der Waals surface area contributed by atoms with Crippen molar-refractivity contribution in [2.24, 2.45) is 0 Å². The lowest BCUT2D eigenvalue weighted by atomic mass is 9.99. The summed E-state index contributed by atoms with van der Waals surface area (Å²) >= 11 is 3.51. The van der Waals surface area contributed by atoms with Crippen LogP contribution < -0.4 is 10.6 Å². The number of para-hydroxylation sites is 1. The van der Waals surface area contributed by atoms with E-state index in [1.165, 1.54) is 4.57 Å². The summed E-state index contributed by atoms with van der Waals surface area (Å²) in [6.07, 6.45) is 1.50. The lowest BCUT2D eigenvalue weighted by Crippen LogP contribution is -2.36. The Hall–Kier alpha value is -2.38. The fourth-order valence-corrected chi connectivity index (χ4v) is 4.29. The van der Waals surface area contributed by atoms with Crippen molar-refractivity contribution in [3.05, 3.63) is 63.0 Å². The maximum Gasteiger partial charge on any atom is 0.329 e. The van der Waals surface area contributed by atoms with Crippen LogP contribution in [0.25, 0.3) is 11.0 Å². The van der Waals surface area contributed by atoms with E-state index < -0.39 is 0 Å². The molecule has 0 spiro atoms. The van der Waals surface area contributed by atoms with Crippen LogP contribution in [0, 0.1) is 0 Å². The number of aryl methyl sites for hydroxylation is 1. The first-order chi connectivity index (χ1) is 13.0. The minimum Gasteiger partial charge on any atom is -0.394 e. The number of carbonyl (C=O) groups excluding carboxylic acids is 1. The Balaban J connectivity index is 1.80. The van der Waals surface area contributed by atoms with E-state index in [0.29, 0.717) is 6.42 Å². The zero-order valence-corrected chi connectivity index (χ0v) is 16.5. The molecule has 6 nitrogen and oxygen atoms in total. The molecule has 4 rings (SSSR count). The first-order valence-corrected chi connectivity index (χ1v) is 9.66. The van der Waals surface area contributed by atoms with Gasteiger partial charge in [-0.05, 0) is 42.7 Å². The highest BCUT2D eigenvalue weighted by Gasteiger charge is 2.27. The highest BCUT2D eigenvalue weighted by molar-refractivity contribution is 9.10. The maximum absolute atomic E-state index is 13.1. The number of hydrogen-bond acceptors (Lipinski definition) is 3. The molecule has 0 fully saturated rings. The summed E-state index contributed by atoms with van der Waals surface area (Å²) in [5.74, 6) is -0.177. The fourth-order valence-electron chi connectivity index (χ4n) is 3.80. The molecule has 1 aliphatic rings. The molecular formula is C20H20BrN3O3. The van der Waals surface area contributed by atoms with Crippen LogP contribution in [0.3, 0.4) is 0 Å². The molecule has 1 unspecified atom stereocenters. The lowest BCUT2D eigenvalue weighted by molar-refractivity contribution is -0.118. The van der Waals surface area contributed by atoms with Crippen molar-refractivity contribution in [1.29, 1.82) is 0 Å². The number of hydrogen-bond donors (Lipinski definition) is 1. The van der Waals surface area contributed by atoms with Gasteiger partial charge in [-0.15, -0.1) is 0 Å². The molecule has 1 atom stereocenters. The number of aliphatic hydroxyl groups is 1. The van der Waals surface area contributed by atoms with Crippen molar-refractivity contribution in [3.8, 4) is 0 Å². The highest BCUT2D eigenvalue weighted by atomic mass is 79.9. The van der Waals surface area contributed by atoms with E-state index in [2.05, 4.69) is 15.9 Å². The van der Waals surface area contributed by atoms with E-state index in [0.717, 1.165) is 33.2 Å². The van der Waals surface area contributed by atoms with Crippen molar-refractivity contribution in [3.63, 3.8) is 0 Å². The van der Waals surface area contributed by atoms with Gasteiger partial charge in [-0.25, -0.2) is 4.79 Å². The van der Waals surface area contributed by atoms with E-state index in [1.54, 1.807) is 16.5 Å². The SMILES string of the molecule is CN(C(=O)Cn1c(=O)n2c3c(cc(Br)cc31)CCC2CO)c1ccccc1. The molecule has 1 N–H and O–H groups in total. The molecule has 140 valence electrons. The molecular weight excluding hydrogens is 410 g/mol. The highest BCUT2D eigenvalue weighted by Crippen LogP contribution is 2.32. The third-order valence-electron chi connectivity index (χ3n) is 5.24. The Morgan fingerprint density at radius 2 is 2.04 bits per heavy atom. The summed E-state index contributed by atoms with van der Waals surface area (Å²) in [5.41, 5.74) is 3.13. The maximum atomic E-state index is 13.1. The minimum absolute atomic E-state index is 0.0538. The van der Waals surface area contributed by atoms with E-state index >= 15 is 0 Å². The van der Waals surface area contributed by atoms with Crippen LogP contribution in [0.2, 0.25) is 0 Å². The summed E-state index contributed by atoms with van der Waals surface area (Å²) in [5, 5.41) is 9.72. The molecule has 2 heterocycles. The molecule has 0 saturated carbocycles. The number of rotatable bonds is 4. The molecule has 27 heavy (non-hydrogen) atoms. The average molecular weight is 430 g/mol. The summed E-state index contributed by atoms with van der Waals surface area (Å²) in [6, 6.07) is 13.0. The van der Waals surface area contributed by atoms with Gasteiger partial charge in [-0.3, -0.25) is 13.9 Å². The zero-order chi connectivity index (χ0) is 19.1. The predicted molar refractivity (Wildman–Crippen MR) is 108 cm³/mol.